The molecule has 3 heteroatoms. The molecule has 0 N–H and O–H groups in total. The van der Waals surface area contributed by atoms with Crippen LogP contribution in [0.25, 0.3) is 11.1 Å². The van der Waals surface area contributed by atoms with Crippen molar-refractivity contribution in [3.8, 4) is 16.9 Å². The average molecular weight is 409 g/mol. The Morgan fingerprint density at radius 3 is 2.03 bits per heavy atom. The molecule has 1 heterocycles. The predicted octanol–water partition coefficient (Wildman–Crippen LogP) is 7.64. The first kappa shape index (κ1) is 22.8. The molecule has 1 aromatic heterocycles. The van der Waals surface area contributed by atoms with Gasteiger partial charge in [0.15, 0.2) is 0 Å². The number of rotatable bonds is 12. The van der Waals surface area contributed by atoms with Crippen molar-refractivity contribution < 1.29 is 4.74 Å². The summed E-state index contributed by atoms with van der Waals surface area (Å²) >= 11 is 0. The molecule has 0 radical (unpaired) electrons. The minimum Gasteiger partial charge on any atom is -0.494 e. The van der Waals surface area contributed by atoms with Crippen LogP contribution in [0.3, 0.4) is 0 Å². The Morgan fingerprint density at radius 1 is 0.767 bits per heavy atom. The first-order valence-corrected chi connectivity index (χ1v) is 12.3. The Hall–Kier alpha value is -1.90. The highest BCUT2D eigenvalue weighted by Gasteiger charge is 2.20. The van der Waals surface area contributed by atoms with Gasteiger partial charge in [-0.05, 0) is 42.4 Å². The molecule has 0 bridgehead atoms. The molecule has 30 heavy (non-hydrogen) atoms. The van der Waals surface area contributed by atoms with Gasteiger partial charge in [-0.15, -0.1) is 0 Å². The van der Waals surface area contributed by atoms with E-state index in [-0.39, 0.29) is 0 Å². The topological polar surface area (TPSA) is 35.0 Å². The average Bonchev–Trinajstić information content (AvgIpc) is 2.80. The third kappa shape index (κ3) is 7.41. The first-order valence-electron chi connectivity index (χ1n) is 12.3. The maximum atomic E-state index is 5.75. The molecule has 0 spiro atoms. The second-order valence-corrected chi connectivity index (χ2v) is 9.04. The Morgan fingerprint density at radius 2 is 1.40 bits per heavy atom. The van der Waals surface area contributed by atoms with Gasteiger partial charge < -0.3 is 4.74 Å². The van der Waals surface area contributed by atoms with Crippen LogP contribution >= 0.6 is 0 Å². The van der Waals surface area contributed by atoms with Gasteiger partial charge in [0.05, 0.1) is 6.61 Å². The van der Waals surface area contributed by atoms with E-state index in [4.69, 9.17) is 4.74 Å². The molecule has 1 fully saturated rings. The molecule has 0 amide bonds. The van der Waals surface area contributed by atoms with Gasteiger partial charge in [-0.3, -0.25) is 0 Å². The number of aromatic nitrogens is 2. The number of ether oxygens (including phenoxy) is 1. The Labute approximate surface area is 183 Å². The van der Waals surface area contributed by atoms with Crippen LogP contribution in [-0.4, -0.2) is 16.6 Å². The van der Waals surface area contributed by atoms with Gasteiger partial charge in [-0.2, -0.15) is 0 Å². The zero-order valence-electron chi connectivity index (χ0n) is 19.1. The van der Waals surface area contributed by atoms with Gasteiger partial charge >= 0.3 is 0 Å². The molecule has 1 aromatic carbocycles. The number of benzene rings is 1. The second-order valence-electron chi connectivity index (χ2n) is 9.04. The number of aryl methyl sites for hydroxylation is 1. The van der Waals surface area contributed by atoms with Crippen LogP contribution < -0.4 is 4.74 Å². The zero-order valence-corrected chi connectivity index (χ0v) is 19.1. The van der Waals surface area contributed by atoms with Crippen molar-refractivity contribution in [2.24, 2.45) is 11.8 Å². The molecule has 0 aliphatic heterocycles. The van der Waals surface area contributed by atoms with Crippen LogP contribution in [0.2, 0.25) is 0 Å². The standard InChI is InChI=1S/C27H40N2O/c1-3-5-7-8-22-9-11-23(12-10-22)13-18-27-28-20-25(21-29-27)24-14-16-26(17-15-24)30-19-6-4-2/h14-17,20-23H,3-13,18-19H2,1-2H3/t22-,23-. The summed E-state index contributed by atoms with van der Waals surface area (Å²) in [7, 11) is 0. The van der Waals surface area contributed by atoms with Gasteiger partial charge in [-0.25, -0.2) is 9.97 Å². The van der Waals surface area contributed by atoms with E-state index < -0.39 is 0 Å². The van der Waals surface area contributed by atoms with Crippen molar-refractivity contribution in [2.45, 2.75) is 90.9 Å². The molecule has 164 valence electrons. The summed E-state index contributed by atoms with van der Waals surface area (Å²) in [5, 5.41) is 0. The summed E-state index contributed by atoms with van der Waals surface area (Å²) in [6, 6.07) is 8.27. The molecule has 3 nitrogen and oxygen atoms in total. The number of hydrogen-bond donors (Lipinski definition) is 0. The Balaban J connectivity index is 1.41. The van der Waals surface area contributed by atoms with Gasteiger partial charge in [-0.1, -0.05) is 83.8 Å². The van der Waals surface area contributed by atoms with Crippen molar-refractivity contribution in [1.29, 1.82) is 0 Å². The summed E-state index contributed by atoms with van der Waals surface area (Å²) in [6.07, 6.45) is 19.8. The van der Waals surface area contributed by atoms with Crippen molar-refractivity contribution in [2.75, 3.05) is 6.61 Å². The fourth-order valence-corrected chi connectivity index (χ4v) is 4.54. The first-order chi connectivity index (χ1) is 14.8. The highest BCUT2D eigenvalue weighted by Crippen LogP contribution is 2.34. The SMILES string of the molecule is CCCCC[C@H]1CC[C@H](CCc2ncc(-c3ccc(OCCCC)cc3)cn2)CC1. The zero-order chi connectivity index (χ0) is 21.0. The summed E-state index contributed by atoms with van der Waals surface area (Å²) in [4.78, 5) is 9.29. The molecule has 3 rings (SSSR count). The van der Waals surface area contributed by atoms with Gasteiger partial charge in [0, 0.05) is 24.4 Å². The van der Waals surface area contributed by atoms with Gasteiger partial charge in [0.2, 0.25) is 0 Å². The molecule has 0 unspecified atom stereocenters. The maximum absolute atomic E-state index is 5.75. The fourth-order valence-electron chi connectivity index (χ4n) is 4.54. The monoisotopic (exact) mass is 408 g/mol. The van der Waals surface area contributed by atoms with E-state index in [1.807, 2.05) is 24.5 Å². The molecular formula is C27H40N2O. The second kappa shape index (κ2) is 12.7. The smallest absolute Gasteiger partial charge is 0.128 e. The maximum Gasteiger partial charge on any atom is 0.128 e. The Bertz CT molecular complexity index is 703. The van der Waals surface area contributed by atoms with Crippen LogP contribution in [0.5, 0.6) is 5.75 Å². The number of nitrogens with zero attached hydrogens (tertiary/aromatic N) is 2. The molecule has 2 aromatic rings. The minimum absolute atomic E-state index is 0.786. The van der Waals surface area contributed by atoms with Crippen LogP contribution in [0, 0.1) is 11.8 Å². The quantitative estimate of drug-likeness (QED) is 0.338. The van der Waals surface area contributed by atoms with E-state index >= 15 is 0 Å². The Kier molecular flexibility index (Phi) is 9.66. The van der Waals surface area contributed by atoms with Crippen molar-refractivity contribution in [3.63, 3.8) is 0 Å². The lowest BCUT2D eigenvalue weighted by atomic mass is 9.78. The van der Waals surface area contributed by atoms with Crippen LogP contribution in [0.4, 0.5) is 0 Å². The lowest BCUT2D eigenvalue weighted by Gasteiger charge is -2.28. The van der Waals surface area contributed by atoms with E-state index in [2.05, 4.69) is 35.9 Å². The number of unbranched alkanes of at least 4 members (excludes halogenated alkanes) is 3. The molecule has 1 saturated carbocycles. The summed E-state index contributed by atoms with van der Waals surface area (Å²) in [5.74, 6) is 3.79. The molecule has 0 saturated heterocycles. The van der Waals surface area contributed by atoms with Gasteiger partial charge in [0.25, 0.3) is 0 Å². The van der Waals surface area contributed by atoms with Crippen molar-refractivity contribution >= 4 is 0 Å². The summed E-state index contributed by atoms with van der Waals surface area (Å²) in [5.41, 5.74) is 2.22. The van der Waals surface area contributed by atoms with Crippen molar-refractivity contribution in [3.05, 3.63) is 42.5 Å². The number of hydrogen-bond acceptors (Lipinski definition) is 3. The fraction of sp³-hybridized carbons (Fsp3) is 0.630. The highest BCUT2D eigenvalue weighted by molar-refractivity contribution is 5.62. The van der Waals surface area contributed by atoms with E-state index in [9.17, 15) is 0 Å². The third-order valence-electron chi connectivity index (χ3n) is 6.62. The predicted molar refractivity (Wildman–Crippen MR) is 126 cm³/mol. The van der Waals surface area contributed by atoms with Crippen LogP contribution in [0.15, 0.2) is 36.7 Å². The normalized spacial score (nSPS) is 19.0. The lowest BCUT2D eigenvalue weighted by Crippen LogP contribution is -2.15. The summed E-state index contributed by atoms with van der Waals surface area (Å²) in [6.45, 7) is 5.26. The van der Waals surface area contributed by atoms with Crippen LogP contribution in [0.1, 0.15) is 90.3 Å². The van der Waals surface area contributed by atoms with Crippen molar-refractivity contribution in [1.82, 2.24) is 9.97 Å². The van der Waals surface area contributed by atoms with Crippen LogP contribution in [-0.2, 0) is 6.42 Å². The lowest BCUT2D eigenvalue weighted by molar-refractivity contribution is 0.248. The third-order valence-corrected chi connectivity index (χ3v) is 6.62. The molecular weight excluding hydrogens is 368 g/mol. The van der Waals surface area contributed by atoms with E-state index in [0.29, 0.717) is 0 Å². The largest absolute Gasteiger partial charge is 0.494 e. The van der Waals surface area contributed by atoms with E-state index in [1.54, 1.807) is 0 Å². The van der Waals surface area contributed by atoms with E-state index in [1.165, 1.54) is 57.8 Å². The molecule has 1 aliphatic rings. The summed E-state index contributed by atoms with van der Waals surface area (Å²) < 4.78 is 5.75. The minimum atomic E-state index is 0.786. The molecule has 1 aliphatic carbocycles. The van der Waals surface area contributed by atoms with Gasteiger partial charge in [0.1, 0.15) is 11.6 Å². The highest BCUT2D eigenvalue weighted by atomic mass is 16.5. The molecule has 0 atom stereocenters. The van der Waals surface area contributed by atoms with E-state index in [0.717, 1.165) is 60.4 Å².